The summed E-state index contributed by atoms with van der Waals surface area (Å²) < 4.78 is 11.0. The topological polar surface area (TPSA) is 74.2 Å². The van der Waals surface area contributed by atoms with Crippen LogP contribution in [-0.2, 0) is 17.7 Å². The highest BCUT2D eigenvalue weighted by Crippen LogP contribution is 2.20. The molecule has 1 atom stereocenters. The molecule has 5 nitrogen and oxygen atoms in total. The molecule has 2 aromatic rings. The summed E-state index contributed by atoms with van der Waals surface area (Å²) in [4.78, 5) is 4.45. The molecule has 5 heteroatoms. The monoisotopic (exact) mass is 273 g/mol. The quantitative estimate of drug-likeness (QED) is 0.925. The molecule has 0 radical (unpaired) electrons. The van der Waals surface area contributed by atoms with Gasteiger partial charge in [-0.1, -0.05) is 17.3 Å². The molecule has 20 heavy (non-hydrogen) atoms. The maximum absolute atomic E-state index is 5.70. The SMILES string of the molecule is NCc1cccc(-c2nc(CC3CCCCO3)no2)c1. The lowest BCUT2D eigenvalue weighted by molar-refractivity contribution is 0.0153. The van der Waals surface area contributed by atoms with E-state index < -0.39 is 0 Å². The van der Waals surface area contributed by atoms with Gasteiger partial charge >= 0.3 is 0 Å². The van der Waals surface area contributed by atoms with Crippen molar-refractivity contribution in [3.8, 4) is 11.5 Å². The van der Waals surface area contributed by atoms with Crippen molar-refractivity contribution in [2.45, 2.75) is 38.3 Å². The van der Waals surface area contributed by atoms with Gasteiger partial charge in [0.15, 0.2) is 5.82 Å². The first kappa shape index (κ1) is 13.3. The second kappa shape index (κ2) is 6.15. The van der Waals surface area contributed by atoms with Gasteiger partial charge < -0.3 is 15.0 Å². The summed E-state index contributed by atoms with van der Waals surface area (Å²) in [6, 6.07) is 7.87. The fraction of sp³-hybridized carbons (Fsp3) is 0.467. The third kappa shape index (κ3) is 3.05. The summed E-state index contributed by atoms with van der Waals surface area (Å²) in [5.41, 5.74) is 7.61. The molecule has 0 amide bonds. The maximum Gasteiger partial charge on any atom is 0.257 e. The smallest absolute Gasteiger partial charge is 0.257 e. The van der Waals surface area contributed by atoms with Crippen LogP contribution in [0.1, 0.15) is 30.7 Å². The predicted octanol–water partition coefficient (Wildman–Crippen LogP) is 2.31. The van der Waals surface area contributed by atoms with Gasteiger partial charge in [0.05, 0.1) is 6.10 Å². The Morgan fingerprint density at radius 1 is 1.30 bits per heavy atom. The van der Waals surface area contributed by atoms with Crippen LogP contribution in [0.2, 0.25) is 0 Å². The van der Waals surface area contributed by atoms with E-state index in [0.29, 0.717) is 18.3 Å². The zero-order valence-electron chi connectivity index (χ0n) is 11.4. The Bertz CT molecular complexity index is 562. The van der Waals surface area contributed by atoms with Gasteiger partial charge in [-0.2, -0.15) is 4.98 Å². The van der Waals surface area contributed by atoms with Gasteiger partial charge in [0.25, 0.3) is 5.89 Å². The molecule has 2 N–H and O–H groups in total. The number of benzene rings is 1. The third-order valence-corrected chi connectivity index (χ3v) is 3.56. The number of hydrogen-bond acceptors (Lipinski definition) is 5. The van der Waals surface area contributed by atoms with Crippen molar-refractivity contribution >= 4 is 0 Å². The van der Waals surface area contributed by atoms with Crippen LogP contribution in [0.4, 0.5) is 0 Å². The third-order valence-electron chi connectivity index (χ3n) is 3.56. The fourth-order valence-corrected chi connectivity index (χ4v) is 2.46. The molecule has 1 aliphatic heterocycles. The van der Waals surface area contributed by atoms with Gasteiger partial charge in [-0.25, -0.2) is 0 Å². The van der Waals surface area contributed by atoms with E-state index in [4.69, 9.17) is 15.0 Å². The van der Waals surface area contributed by atoms with Crippen molar-refractivity contribution < 1.29 is 9.26 Å². The molecular weight excluding hydrogens is 254 g/mol. The number of ether oxygens (including phenoxy) is 1. The first-order chi connectivity index (χ1) is 9.85. The first-order valence-electron chi connectivity index (χ1n) is 7.09. The zero-order valence-corrected chi connectivity index (χ0v) is 11.4. The maximum atomic E-state index is 5.70. The van der Waals surface area contributed by atoms with Crippen LogP contribution < -0.4 is 5.73 Å². The minimum Gasteiger partial charge on any atom is -0.378 e. The van der Waals surface area contributed by atoms with Gasteiger partial charge in [0.2, 0.25) is 0 Å². The average molecular weight is 273 g/mol. The molecule has 2 heterocycles. The molecule has 1 aliphatic rings. The van der Waals surface area contributed by atoms with Crippen LogP contribution in [0.5, 0.6) is 0 Å². The summed E-state index contributed by atoms with van der Waals surface area (Å²) in [5, 5.41) is 4.04. The Hall–Kier alpha value is -1.72. The molecule has 1 saturated heterocycles. The van der Waals surface area contributed by atoms with Gasteiger partial charge in [0.1, 0.15) is 0 Å². The minimum absolute atomic E-state index is 0.226. The lowest BCUT2D eigenvalue weighted by atomic mass is 10.1. The van der Waals surface area contributed by atoms with E-state index in [-0.39, 0.29) is 6.10 Å². The summed E-state index contributed by atoms with van der Waals surface area (Å²) in [6.07, 6.45) is 4.39. The average Bonchev–Trinajstić information content (AvgIpc) is 2.97. The number of nitrogens with two attached hydrogens (primary N) is 1. The van der Waals surface area contributed by atoms with Crippen LogP contribution in [0.15, 0.2) is 28.8 Å². The summed E-state index contributed by atoms with van der Waals surface area (Å²) in [5.74, 6) is 1.26. The van der Waals surface area contributed by atoms with E-state index in [0.717, 1.165) is 37.0 Å². The molecule has 1 unspecified atom stereocenters. The second-order valence-electron chi connectivity index (χ2n) is 5.11. The summed E-state index contributed by atoms with van der Waals surface area (Å²) in [6.45, 7) is 1.35. The Morgan fingerprint density at radius 3 is 3.05 bits per heavy atom. The van der Waals surface area contributed by atoms with Gasteiger partial charge in [0, 0.05) is 25.1 Å². The van der Waals surface area contributed by atoms with E-state index in [1.807, 2.05) is 24.3 Å². The van der Waals surface area contributed by atoms with Crippen molar-refractivity contribution in [1.29, 1.82) is 0 Å². The minimum atomic E-state index is 0.226. The van der Waals surface area contributed by atoms with E-state index in [1.54, 1.807) is 0 Å². The number of rotatable bonds is 4. The van der Waals surface area contributed by atoms with Gasteiger partial charge in [-0.15, -0.1) is 0 Å². The van der Waals surface area contributed by atoms with Crippen molar-refractivity contribution in [2.75, 3.05) is 6.61 Å². The number of hydrogen-bond donors (Lipinski definition) is 1. The van der Waals surface area contributed by atoms with Crippen molar-refractivity contribution in [2.24, 2.45) is 5.73 Å². The Morgan fingerprint density at radius 2 is 2.25 bits per heavy atom. The molecule has 1 fully saturated rings. The summed E-state index contributed by atoms with van der Waals surface area (Å²) >= 11 is 0. The lowest BCUT2D eigenvalue weighted by Crippen LogP contribution is -2.21. The van der Waals surface area contributed by atoms with E-state index in [9.17, 15) is 0 Å². The first-order valence-corrected chi connectivity index (χ1v) is 7.09. The number of nitrogens with zero attached hydrogens (tertiary/aromatic N) is 2. The highest BCUT2D eigenvalue weighted by Gasteiger charge is 2.18. The fourth-order valence-electron chi connectivity index (χ4n) is 2.46. The molecular formula is C15H19N3O2. The normalized spacial score (nSPS) is 19.1. The van der Waals surface area contributed by atoms with Crippen molar-refractivity contribution in [1.82, 2.24) is 10.1 Å². The Kier molecular flexibility index (Phi) is 4.08. The van der Waals surface area contributed by atoms with Crippen LogP contribution in [0.3, 0.4) is 0 Å². The molecule has 106 valence electrons. The molecule has 0 bridgehead atoms. The van der Waals surface area contributed by atoms with Gasteiger partial charge in [-0.05, 0) is 37.0 Å². The predicted molar refractivity (Wildman–Crippen MR) is 74.9 cm³/mol. The summed E-state index contributed by atoms with van der Waals surface area (Å²) in [7, 11) is 0. The second-order valence-corrected chi connectivity index (χ2v) is 5.11. The Labute approximate surface area is 118 Å². The van der Waals surface area contributed by atoms with Gasteiger partial charge in [-0.3, -0.25) is 0 Å². The molecule has 0 saturated carbocycles. The molecule has 0 spiro atoms. The highest BCUT2D eigenvalue weighted by atomic mass is 16.5. The van der Waals surface area contributed by atoms with E-state index in [1.165, 1.54) is 6.42 Å². The molecule has 0 aliphatic carbocycles. The molecule has 3 rings (SSSR count). The van der Waals surface area contributed by atoms with Crippen molar-refractivity contribution in [3.63, 3.8) is 0 Å². The van der Waals surface area contributed by atoms with E-state index >= 15 is 0 Å². The largest absolute Gasteiger partial charge is 0.378 e. The van der Waals surface area contributed by atoms with Crippen LogP contribution in [0, 0.1) is 0 Å². The van der Waals surface area contributed by atoms with Crippen LogP contribution in [-0.4, -0.2) is 22.9 Å². The van der Waals surface area contributed by atoms with Crippen molar-refractivity contribution in [3.05, 3.63) is 35.7 Å². The van der Waals surface area contributed by atoms with Crippen LogP contribution >= 0.6 is 0 Å². The standard InChI is InChI=1S/C15H19N3O2/c16-10-11-4-3-5-12(8-11)15-17-14(18-20-15)9-13-6-1-2-7-19-13/h3-5,8,13H,1-2,6-7,9-10,16H2. The van der Waals surface area contributed by atoms with Crippen LogP contribution in [0.25, 0.3) is 11.5 Å². The number of aromatic nitrogens is 2. The molecule has 1 aromatic carbocycles. The highest BCUT2D eigenvalue weighted by molar-refractivity contribution is 5.53. The lowest BCUT2D eigenvalue weighted by Gasteiger charge is -2.20. The molecule has 1 aromatic heterocycles. The zero-order chi connectivity index (χ0) is 13.8. The van der Waals surface area contributed by atoms with E-state index in [2.05, 4.69) is 10.1 Å². The Balaban J connectivity index is 1.72.